The van der Waals surface area contributed by atoms with Gasteiger partial charge in [0.25, 0.3) is 0 Å². The van der Waals surface area contributed by atoms with Crippen LogP contribution in [0, 0.1) is 22.7 Å². The highest BCUT2D eigenvalue weighted by Gasteiger charge is 2.68. The Balaban J connectivity index is 1.91. The van der Waals surface area contributed by atoms with E-state index in [-0.39, 0.29) is 5.41 Å². The summed E-state index contributed by atoms with van der Waals surface area (Å²) in [5.74, 6) is 0.684. The number of fused-ring (bicyclic) bond motifs is 1. The highest BCUT2D eigenvalue weighted by Crippen LogP contribution is 2.65. The van der Waals surface area contributed by atoms with Crippen LogP contribution in [0.25, 0.3) is 0 Å². The summed E-state index contributed by atoms with van der Waals surface area (Å²) in [6, 6.07) is 13.4. The second-order valence-corrected chi connectivity index (χ2v) is 9.70. The van der Waals surface area contributed by atoms with Crippen molar-refractivity contribution in [1.29, 1.82) is 5.26 Å². The van der Waals surface area contributed by atoms with Gasteiger partial charge in [0.2, 0.25) is 0 Å². The first-order chi connectivity index (χ1) is 12.8. The molecule has 0 radical (unpaired) electrons. The lowest BCUT2D eigenvalue weighted by Gasteiger charge is -2.44. The van der Waals surface area contributed by atoms with Crippen LogP contribution in [0.15, 0.2) is 42.1 Å². The maximum Gasteiger partial charge on any atom is 0.173 e. The standard InChI is InChI=1S/C24H32N2O/c1-22(2)17-20(18-11-7-5-8-12-18)26-21(15-16-25)23(3,4)27-24(22,26)19-13-9-6-10-14-19/h6,9-10,13-15,18,20H,5,7-8,11-12,17H2,1-4H3/b21-15-. The minimum atomic E-state index is -0.511. The number of rotatable bonds is 2. The number of hydrogen-bond acceptors (Lipinski definition) is 3. The Hall–Kier alpha value is -1.79. The Morgan fingerprint density at radius 2 is 1.74 bits per heavy atom. The normalized spacial score (nSPS) is 33.8. The molecule has 2 aliphatic heterocycles. The van der Waals surface area contributed by atoms with E-state index in [9.17, 15) is 5.26 Å². The van der Waals surface area contributed by atoms with Gasteiger partial charge < -0.3 is 9.64 Å². The van der Waals surface area contributed by atoms with E-state index in [1.54, 1.807) is 6.08 Å². The van der Waals surface area contributed by atoms with Gasteiger partial charge in [0.15, 0.2) is 5.72 Å². The lowest BCUT2D eigenvalue weighted by atomic mass is 9.74. The number of nitriles is 1. The lowest BCUT2D eigenvalue weighted by Crippen LogP contribution is -2.48. The molecular weight excluding hydrogens is 332 g/mol. The molecule has 144 valence electrons. The number of nitrogens with zero attached hydrogens (tertiary/aromatic N) is 2. The van der Waals surface area contributed by atoms with E-state index in [1.165, 1.54) is 37.7 Å². The fraction of sp³-hybridized carbons (Fsp3) is 0.625. The first-order valence-corrected chi connectivity index (χ1v) is 10.5. The second kappa shape index (κ2) is 6.38. The molecule has 0 bridgehead atoms. The van der Waals surface area contributed by atoms with E-state index >= 15 is 0 Å². The van der Waals surface area contributed by atoms with E-state index in [1.807, 2.05) is 0 Å². The van der Waals surface area contributed by atoms with Crippen molar-refractivity contribution in [2.75, 3.05) is 0 Å². The molecule has 1 aliphatic carbocycles. The molecule has 4 rings (SSSR count). The van der Waals surface area contributed by atoms with Crippen LogP contribution in [0.3, 0.4) is 0 Å². The molecule has 1 saturated carbocycles. The Kier molecular flexibility index (Phi) is 4.39. The molecule has 0 N–H and O–H groups in total. The van der Waals surface area contributed by atoms with Crippen LogP contribution in [0.1, 0.15) is 71.8 Å². The van der Waals surface area contributed by atoms with Crippen molar-refractivity contribution < 1.29 is 4.74 Å². The van der Waals surface area contributed by atoms with Crippen LogP contribution in [-0.2, 0) is 10.5 Å². The van der Waals surface area contributed by atoms with Crippen LogP contribution in [0.2, 0.25) is 0 Å². The Bertz CT molecular complexity index is 767. The third-order valence-electron chi connectivity index (χ3n) is 7.15. The summed E-state index contributed by atoms with van der Waals surface area (Å²) in [6.07, 6.45) is 9.45. The molecule has 1 aromatic carbocycles. The van der Waals surface area contributed by atoms with Crippen LogP contribution in [0.5, 0.6) is 0 Å². The van der Waals surface area contributed by atoms with Crippen molar-refractivity contribution in [3.05, 3.63) is 47.7 Å². The second-order valence-electron chi connectivity index (χ2n) is 9.70. The molecule has 2 saturated heterocycles. The summed E-state index contributed by atoms with van der Waals surface area (Å²) in [6.45, 7) is 8.93. The van der Waals surface area contributed by atoms with Gasteiger partial charge in [-0.05, 0) is 39.0 Å². The number of benzene rings is 1. The van der Waals surface area contributed by atoms with E-state index in [2.05, 4.69) is 69.0 Å². The molecule has 3 heteroatoms. The van der Waals surface area contributed by atoms with Gasteiger partial charge in [-0.1, -0.05) is 63.4 Å². The highest BCUT2D eigenvalue weighted by molar-refractivity contribution is 5.38. The zero-order valence-electron chi connectivity index (χ0n) is 17.2. The van der Waals surface area contributed by atoms with E-state index in [4.69, 9.17) is 4.74 Å². The van der Waals surface area contributed by atoms with Gasteiger partial charge in [0, 0.05) is 23.1 Å². The van der Waals surface area contributed by atoms with Gasteiger partial charge in [-0.2, -0.15) is 5.26 Å². The Morgan fingerprint density at radius 1 is 1.07 bits per heavy atom. The molecule has 3 aliphatic rings. The Labute approximate surface area is 164 Å². The predicted molar refractivity (Wildman–Crippen MR) is 108 cm³/mol. The molecule has 0 aromatic heterocycles. The van der Waals surface area contributed by atoms with Crippen LogP contribution in [0.4, 0.5) is 0 Å². The van der Waals surface area contributed by atoms with Crippen LogP contribution in [-0.4, -0.2) is 16.5 Å². The Morgan fingerprint density at radius 3 is 2.37 bits per heavy atom. The molecule has 0 spiro atoms. The van der Waals surface area contributed by atoms with Crippen molar-refractivity contribution >= 4 is 0 Å². The SMILES string of the molecule is CC1(C)OC2(c3ccccc3)N(/C1=C\C#N)C(C1CCCCC1)CC2(C)C. The predicted octanol–water partition coefficient (Wildman–Crippen LogP) is 5.74. The minimum absolute atomic E-state index is 0.0429. The molecule has 3 nitrogen and oxygen atoms in total. The van der Waals surface area contributed by atoms with E-state index < -0.39 is 11.3 Å². The number of ether oxygens (including phenoxy) is 1. The molecule has 2 atom stereocenters. The first kappa shape index (κ1) is 18.6. The number of allylic oxidation sites excluding steroid dienone is 1. The van der Waals surface area contributed by atoms with Crippen molar-refractivity contribution in [3.8, 4) is 6.07 Å². The first-order valence-electron chi connectivity index (χ1n) is 10.5. The van der Waals surface area contributed by atoms with Gasteiger partial charge >= 0.3 is 0 Å². The maximum absolute atomic E-state index is 9.55. The van der Waals surface area contributed by atoms with E-state index in [0.29, 0.717) is 12.0 Å². The monoisotopic (exact) mass is 364 g/mol. The third-order valence-corrected chi connectivity index (χ3v) is 7.15. The lowest BCUT2D eigenvalue weighted by molar-refractivity contribution is -0.179. The number of hydrogen-bond donors (Lipinski definition) is 0. The molecule has 2 heterocycles. The van der Waals surface area contributed by atoms with Gasteiger partial charge in [-0.25, -0.2) is 0 Å². The van der Waals surface area contributed by atoms with Gasteiger partial charge in [0.05, 0.1) is 11.8 Å². The van der Waals surface area contributed by atoms with Crippen LogP contribution >= 0.6 is 0 Å². The molecular formula is C24H32N2O. The largest absolute Gasteiger partial charge is 0.339 e. The van der Waals surface area contributed by atoms with Crippen molar-refractivity contribution in [2.24, 2.45) is 11.3 Å². The van der Waals surface area contributed by atoms with Crippen molar-refractivity contribution in [3.63, 3.8) is 0 Å². The molecule has 2 unspecified atom stereocenters. The molecule has 1 aromatic rings. The van der Waals surface area contributed by atoms with Gasteiger partial charge in [-0.3, -0.25) is 0 Å². The fourth-order valence-corrected chi connectivity index (χ4v) is 6.01. The summed E-state index contributed by atoms with van der Waals surface area (Å²) in [4.78, 5) is 2.53. The smallest absolute Gasteiger partial charge is 0.173 e. The summed E-state index contributed by atoms with van der Waals surface area (Å²) in [7, 11) is 0. The summed E-state index contributed by atoms with van der Waals surface area (Å²) in [5, 5.41) is 9.55. The topological polar surface area (TPSA) is 36.3 Å². The molecule has 0 amide bonds. The van der Waals surface area contributed by atoms with E-state index in [0.717, 1.165) is 12.1 Å². The third kappa shape index (κ3) is 2.64. The summed E-state index contributed by atoms with van der Waals surface area (Å²) < 4.78 is 6.95. The van der Waals surface area contributed by atoms with Crippen LogP contribution < -0.4 is 0 Å². The maximum atomic E-state index is 9.55. The molecule has 27 heavy (non-hydrogen) atoms. The average Bonchev–Trinajstić information content (AvgIpc) is 3.03. The van der Waals surface area contributed by atoms with Crippen molar-refractivity contribution in [2.45, 2.75) is 83.6 Å². The van der Waals surface area contributed by atoms with Gasteiger partial charge in [0.1, 0.15) is 5.60 Å². The zero-order chi connectivity index (χ0) is 19.3. The highest BCUT2D eigenvalue weighted by atomic mass is 16.6. The van der Waals surface area contributed by atoms with Crippen molar-refractivity contribution in [1.82, 2.24) is 4.90 Å². The minimum Gasteiger partial charge on any atom is -0.339 e. The summed E-state index contributed by atoms with van der Waals surface area (Å²) >= 11 is 0. The zero-order valence-corrected chi connectivity index (χ0v) is 17.2. The summed E-state index contributed by atoms with van der Waals surface area (Å²) in [5.41, 5.74) is 1.23. The fourth-order valence-electron chi connectivity index (χ4n) is 6.01. The average molecular weight is 365 g/mol. The molecule has 3 fully saturated rings. The quantitative estimate of drug-likeness (QED) is 0.628. The van der Waals surface area contributed by atoms with Gasteiger partial charge in [-0.15, -0.1) is 0 Å².